The molecule has 1 spiro atoms. The number of urea groups is 1. The molecule has 31 heavy (non-hydrogen) atoms. The quantitative estimate of drug-likeness (QED) is 0.772. The largest absolute Gasteiger partial charge is 0.331 e. The number of nitrogens with one attached hydrogen (secondary N) is 1. The molecule has 1 N–H and O–H groups in total. The molecule has 0 atom stereocenters. The molecule has 0 bridgehead atoms. The van der Waals surface area contributed by atoms with Crippen LogP contribution in [0.25, 0.3) is 0 Å². The van der Waals surface area contributed by atoms with Crippen molar-refractivity contribution in [3.05, 3.63) is 65.7 Å². The molecule has 166 valence electrons. The topological polar surface area (TPSA) is 69.7 Å². The van der Waals surface area contributed by atoms with E-state index in [2.05, 4.69) is 48.6 Å². The molecular weight excluding hydrogens is 410 g/mol. The Morgan fingerprint density at radius 3 is 2.29 bits per heavy atom. The average molecular weight is 442 g/mol. The van der Waals surface area contributed by atoms with Crippen LogP contribution in [0.3, 0.4) is 0 Å². The van der Waals surface area contributed by atoms with E-state index in [4.69, 9.17) is 0 Å². The highest BCUT2D eigenvalue weighted by atomic mass is 32.2. The molecule has 1 heterocycles. The van der Waals surface area contributed by atoms with Gasteiger partial charge in [-0.3, -0.25) is 4.90 Å². The van der Waals surface area contributed by atoms with Gasteiger partial charge in [-0.25, -0.2) is 13.2 Å². The van der Waals surface area contributed by atoms with Crippen LogP contribution >= 0.6 is 0 Å². The summed E-state index contributed by atoms with van der Waals surface area (Å²) in [5.74, 6) is 0. The second kappa shape index (κ2) is 7.95. The van der Waals surface area contributed by atoms with Crippen molar-refractivity contribution >= 4 is 15.9 Å². The van der Waals surface area contributed by atoms with Crippen LogP contribution in [0.1, 0.15) is 36.8 Å². The Morgan fingerprint density at radius 2 is 1.68 bits per heavy atom. The van der Waals surface area contributed by atoms with E-state index in [9.17, 15) is 13.2 Å². The number of carbonyl (C=O) groups is 1. The van der Waals surface area contributed by atoms with Gasteiger partial charge in [0.25, 0.3) is 0 Å². The fourth-order valence-corrected chi connectivity index (χ4v) is 5.86. The van der Waals surface area contributed by atoms with Crippen molar-refractivity contribution in [3.63, 3.8) is 0 Å². The molecule has 1 saturated heterocycles. The summed E-state index contributed by atoms with van der Waals surface area (Å²) in [6.07, 6.45) is 4.97. The van der Waals surface area contributed by atoms with Crippen LogP contribution in [0, 0.1) is 0 Å². The van der Waals surface area contributed by atoms with E-state index in [1.165, 1.54) is 11.8 Å². The summed E-state index contributed by atoms with van der Waals surface area (Å²) in [7, 11) is 1.01. The predicted molar refractivity (Wildman–Crippen MR) is 121 cm³/mol. The lowest BCUT2D eigenvalue weighted by atomic mass is 9.69. The summed E-state index contributed by atoms with van der Waals surface area (Å²) in [5.41, 5.74) is 1.92. The molecule has 2 aromatic rings. The van der Waals surface area contributed by atoms with Crippen molar-refractivity contribution in [1.29, 1.82) is 0 Å². The van der Waals surface area contributed by atoms with Gasteiger partial charge < -0.3 is 10.2 Å². The first-order chi connectivity index (χ1) is 14.6. The standard InChI is InChI=1S/C24H31N3O3S/c1-26(2)24(20-9-5-4-6-10-20)14-12-23(13-15-24)18-27(22(28)25-23)17-19-8-7-11-21(16-19)31(3,29)30/h4-11,16H,12-15,17-18H2,1-3H3,(H,25,28)/t23-,24-. The molecule has 1 aliphatic carbocycles. The van der Waals surface area contributed by atoms with Crippen LogP contribution in [0.5, 0.6) is 0 Å². The van der Waals surface area contributed by atoms with Crippen LogP contribution in [-0.4, -0.2) is 56.7 Å². The van der Waals surface area contributed by atoms with Gasteiger partial charge in [0.1, 0.15) is 0 Å². The zero-order valence-electron chi connectivity index (χ0n) is 18.5. The van der Waals surface area contributed by atoms with Gasteiger partial charge in [-0.1, -0.05) is 42.5 Å². The zero-order valence-corrected chi connectivity index (χ0v) is 19.3. The fraction of sp³-hybridized carbons (Fsp3) is 0.458. The van der Waals surface area contributed by atoms with Crippen molar-refractivity contribution in [2.45, 2.75) is 48.2 Å². The number of hydrogen-bond donors (Lipinski definition) is 1. The molecule has 2 aromatic carbocycles. The summed E-state index contributed by atoms with van der Waals surface area (Å²) in [5, 5.41) is 3.26. The molecule has 6 nitrogen and oxygen atoms in total. The van der Waals surface area contributed by atoms with Gasteiger partial charge in [-0.05, 0) is 63.0 Å². The predicted octanol–water partition coefficient (Wildman–Crippen LogP) is 3.39. The van der Waals surface area contributed by atoms with Gasteiger partial charge in [-0.2, -0.15) is 0 Å². The van der Waals surface area contributed by atoms with E-state index in [-0.39, 0.29) is 22.0 Å². The Hall–Kier alpha value is -2.38. The van der Waals surface area contributed by atoms with Crippen LogP contribution < -0.4 is 5.32 Å². The van der Waals surface area contributed by atoms with E-state index in [1.54, 1.807) is 18.2 Å². The van der Waals surface area contributed by atoms with Gasteiger partial charge in [0.05, 0.1) is 10.4 Å². The summed E-state index contributed by atoms with van der Waals surface area (Å²) in [6.45, 7) is 1.06. The number of carbonyl (C=O) groups excluding carboxylic acids is 1. The van der Waals surface area contributed by atoms with Gasteiger partial charge in [0.15, 0.2) is 9.84 Å². The Morgan fingerprint density at radius 1 is 1.00 bits per heavy atom. The monoisotopic (exact) mass is 441 g/mol. The lowest BCUT2D eigenvalue weighted by Gasteiger charge is -2.48. The Bertz CT molecular complexity index is 1060. The van der Waals surface area contributed by atoms with Gasteiger partial charge in [0.2, 0.25) is 0 Å². The number of benzene rings is 2. The van der Waals surface area contributed by atoms with Gasteiger partial charge in [-0.15, -0.1) is 0 Å². The van der Waals surface area contributed by atoms with Crippen LogP contribution in [0.4, 0.5) is 4.79 Å². The smallest absolute Gasteiger partial charge is 0.318 e. The lowest BCUT2D eigenvalue weighted by Crippen LogP contribution is -2.54. The molecule has 2 fully saturated rings. The minimum absolute atomic E-state index is 0.0194. The number of sulfone groups is 1. The van der Waals surface area contributed by atoms with E-state index in [1.807, 2.05) is 17.0 Å². The van der Waals surface area contributed by atoms with E-state index in [0.29, 0.717) is 13.1 Å². The number of hydrogen-bond acceptors (Lipinski definition) is 4. The third kappa shape index (κ3) is 4.21. The van der Waals surface area contributed by atoms with Gasteiger partial charge >= 0.3 is 6.03 Å². The highest BCUT2D eigenvalue weighted by molar-refractivity contribution is 7.90. The summed E-state index contributed by atoms with van der Waals surface area (Å²) < 4.78 is 23.7. The molecule has 0 aromatic heterocycles. The van der Waals surface area contributed by atoms with Crippen LogP contribution in [0.15, 0.2) is 59.5 Å². The maximum absolute atomic E-state index is 12.8. The maximum atomic E-state index is 12.8. The minimum atomic E-state index is -3.27. The number of rotatable bonds is 5. The Labute approximate surface area is 185 Å². The van der Waals surface area contributed by atoms with Crippen molar-refractivity contribution in [2.24, 2.45) is 0 Å². The lowest BCUT2D eigenvalue weighted by molar-refractivity contribution is 0.0617. The van der Waals surface area contributed by atoms with E-state index in [0.717, 1.165) is 31.2 Å². The van der Waals surface area contributed by atoms with Crippen molar-refractivity contribution in [1.82, 2.24) is 15.1 Å². The third-order valence-electron chi connectivity index (χ3n) is 7.05. The third-order valence-corrected chi connectivity index (χ3v) is 8.16. The normalized spacial score (nSPS) is 26.5. The summed E-state index contributed by atoms with van der Waals surface area (Å²) in [4.78, 5) is 17.2. The Balaban J connectivity index is 1.49. The van der Waals surface area contributed by atoms with Crippen LogP contribution in [-0.2, 0) is 21.9 Å². The van der Waals surface area contributed by atoms with Crippen molar-refractivity contribution < 1.29 is 13.2 Å². The fourth-order valence-electron chi connectivity index (χ4n) is 5.17. The highest BCUT2D eigenvalue weighted by Gasteiger charge is 2.49. The first-order valence-electron chi connectivity index (χ1n) is 10.7. The summed E-state index contributed by atoms with van der Waals surface area (Å²) >= 11 is 0. The first-order valence-corrected chi connectivity index (χ1v) is 12.6. The average Bonchev–Trinajstić information content (AvgIpc) is 3.03. The number of nitrogens with zero attached hydrogens (tertiary/aromatic N) is 2. The molecule has 0 radical (unpaired) electrons. The molecule has 1 aliphatic heterocycles. The molecular formula is C24H31N3O3S. The Kier molecular flexibility index (Phi) is 5.60. The molecule has 2 aliphatic rings. The highest BCUT2D eigenvalue weighted by Crippen LogP contribution is 2.46. The van der Waals surface area contributed by atoms with Crippen molar-refractivity contribution in [2.75, 3.05) is 26.9 Å². The molecule has 4 rings (SSSR count). The molecule has 7 heteroatoms. The minimum Gasteiger partial charge on any atom is -0.331 e. The van der Waals surface area contributed by atoms with Gasteiger partial charge in [0, 0.05) is 24.9 Å². The maximum Gasteiger partial charge on any atom is 0.318 e. The molecule has 1 saturated carbocycles. The summed E-state index contributed by atoms with van der Waals surface area (Å²) in [6, 6.07) is 17.4. The second-order valence-electron chi connectivity index (χ2n) is 9.28. The SMILES string of the molecule is CN(C)[C@]1(c2ccccc2)CC[C@@]2(CC1)CN(Cc1cccc(S(C)(=O)=O)c1)C(=O)N2. The van der Waals surface area contributed by atoms with Crippen LogP contribution in [0.2, 0.25) is 0 Å². The van der Waals surface area contributed by atoms with E-state index < -0.39 is 9.84 Å². The van der Waals surface area contributed by atoms with E-state index >= 15 is 0 Å². The number of amides is 2. The first kappa shape index (κ1) is 21.8. The second-order valence-corrected chi connectivity index (χ2v) is 11.3. The zero-order chi connectivity index (χ0) is 22.3. The van der Waals surface area contributed by atoms with Crippen molar-refractivity contribution in [3.8, 4) is 0 Å². The molecule has 2 amide bonds. The molecule has 0 unspecified atom stereocenters.